The number of carbonyl (C=O) groups excluding carboxylic acids is 2. The fraction of sp³-hybridized carbons (Fsp3) is 0.400. The van der Waals surface area contributed by atoms with Crippen molar-refractivity contribution in [1.29, 1.82) is 0 Å². The fourth-order valence-electron chi connectivity index (χ4n) is 1.19. The molecule has 0 unspecified atom stereocenters. The van der Waals surface area contributed by atoms with E-state index in [-0.39, 0.29) is 0 Å². The van der Waals surface area contributed by atoms with E-state index in [0.717, 1.165) is 4.88 Å². The second-order valence-electron chi connectivity index (χ2n) is 3.14. The van der Waals surface area contributed by atoms with Crippen LogP contribution in [0.5, 0.6) is 0 Å². The summed E-state index contributed by atoms with van der Waals surface area (Å²) in [5.74, 6) is -0.137. The maximum Gasteiger partial charge on any atom is 0.340 e. The molecule has 5 nitrogen and oxygen atoms in total. The molecular weight excluding hydrogens is 264 g/mol. The minimum absolute atomic E-state index is 0.333. The molecule has 2 amide bonds. The van der Waals surface area contributed by atoms with Gasteiger partial charge < -0.3 is 15.4 Å². The monoisotopic (exact) mass is 276 g/mol. The van der Waals surface area contributed by atoms with Crippen LogP contribution in [0.2, 0.25) is 0 Å². The number of esters is 1. The van der Waals surface area contributed by atoms with Crippen molar-refractivity contribution in [3.8, 4) is 0 Å². The highest BCUT2D eigenvalue weighted by molar-refractivity contribution is 7.10. The van der Waals surface area contributed by atoms with Gasteiger partial charge in [-0.2, -0.15) is 0 Å². The molecule has 0 aliphatic heterocycles. The first-order chi connectivity index (χ1) is 8.10. The lowest BCUT2D eigenvalue weighted by atomic mass is 10.2. The normalized spacial score (nSPS) is 9.82. The molecule has 0 atom stereocenters. The van der Waals surface area contributed by atoms with Crippen LogP contribution in [0.25, 0.3) is 0 Å². The molecule has 17 heavy (non-hydrogen) atoms. The molecule has 1 aromatic rings. The SMILES string of the molecule is COC(=O)c1csc(C)c1NC(=O)NCCCl. The molecule has 1 heterocycles. The Balaban J connectivity index is 2.79. The molecular formula is C10H13ClN2O3S. The molecule has 94 valence electrons. The molecule has 0 spiro atoms. The Morgan fingerprint density at radius 1 is 1.53 bits per heavy atom. The van der Waals surface area contributed by atoms with E-state index in [1.165, 1.54) is 18.4 Å². The Morgan fingerprint density at radius 2 is 2.24 bits per heavy atom. The third-order valence-electron chi connectivity index (χ3n) is 2.00. The third kappa shape index (κ3) is 3.61. The first-order valence-corrected chi connectivity index (χ1v) is 6.28. The minimum Gasteiger partial charge on any atom is -0.465 e. The van der Waals surface area contributed by atoms with E-state index in [4.69, 9.17) is 11.6 Å². The van der Waals surface area contributed by atoms with Crippen LogP contribution < -0.4 is 10.6 Å². The van der Waals surface area contributed by atoms with Crippen molar-refractivity contribution < 1.29 is 14.3 Å². The Labute approximate surface area is 108 Å². The van der Waals surface area contributed by atoms with E-state index >= 15 is 0 Å². The number of nitrogens with one attached hydrogen (secondary N) is 2. The number of alkyl halides is 1. The number of anilines is 1. The smallest absolute Gasteiger partial charge is 0.340 e. The minimum atomic E-state index is -0.470. The number of hydrogen-bond acceptors (Lipinski definition) is 4. The fourth-order valence-corrected chi connectivity index (χ4v) is 2.07. The van der Waals surface area contributed by atoms with Gasteiger partial charge in [0.1, 0.15) is 0 Å². The molecule has 0 saturated heterocycles. The van der Waals surface area contributed by atoms with Crippen LogP contribution >= 0.6 is 22.9 Å². The van der Waals surface area contributed by atoms with Crippen LogP contribution in [0.3, 0.4) is 0 Å². The van der Waals surface area contributed by atoms with Crippen LogP contribution in [-0.2, 0) is 4.74 Å². The third-order valence-corrected chi connectivity index (χ3v) is 3.10. The predicted octanol–water partition coefficient (Wildman–Crippen LogP) is 2.20. The van der Waals surface area contributed by atoms with Crippen LogP contribution in [0.15, 0.2) is 5.38 Å². The number of rotatable bonds is 4. The lowest BCUT2D eigenvalue weighted by Crippen LogP contribution is -2.30. The van der Waals surface area contributed by atoms with Crippen molar-refractivity contribution in [3.63, 3.8) is 0 Å². The molecule has 0 aliphatic rings. The van der Waals surface area contributed by atoms with Crippen molar-refractivity contribution in [2.75, 3.05) is 24.9 Å². The number of ether oxygens (including phenoxy) is 1. The number of methoxy groups -OCH3 is 1. The van der Waals surface area contributed by atoms with Crippen molar-refractivity contribution in [2.24, 2.45) is 0 Å². The van der Waals surface area contributed by atoms with Crippen molar-refractivity contribution >= 4 is 40.6 Å². The van der Waals surface area contributed by atoms with Crippen LogP contribution in [-0.4, -0.2) is 31.5 Å². The number of carbonyl (C=O) groups is 2. The second kappa shape index (κ2) is 6.46. The van der Waals surface area contributed by atoms with Gasteiger partial charge in [-0.3, -0.25) is 0 Å². The van der Waals surface area contributed by atoms with E-state index in [9.17, 15) is 9.59 Å². The zero-order valence-electron chi connectivity index (χ0n) is 9.50. The highest BCUT2D eigenvalue weighted by Gasteiger charge is 2.17. The number of halogens is 1. The van der Waals surface area contributed by atoms with Crippen LogP contribution in [0.4, 0.5) is 10.5 Å². The average Bonchev–Trinajstić information content (AvgIpc) is 2.67. The summed E-state index contributed by atoms with van der Waals surface area (Å²) in [5.41, 5.74) is 0.838. The number of aryl methyl sites for hydroxylation is 1. The van der Waals surface area contributed by atoms with E-state index < -0.39 is 12.0 Å². The highest BCUT2D eigenvalue weighted by atomic mass is 35.5. The molecule has 0 radical (unpaired) electrons. The summed E-state index contributed by atoms with van der Waals surface area (Å²) in [7, 11) is 1.30. The standard InChI is InChI=1S/C10H13ClN2O3S/c1-6-8(13-10(15)12-4-3-11)7(5-17-6)9(14)16-2/h5H,3-4H2,1-2H3,(H2,12,13,15). The summed E-state index contributed by atoms with van der Waals surface area (Å²) in [5, 5.41) is 6.81. The molecule has 0 aromatic carbocycles. The quantitative estimate of drug-likeness (QED) is 0.654. The Kier molecular flexibility index (Phi) is 5.24. The molecule has 7 heteroatoms. The zero-order valence-corrected chi connectivity index (χ0v) is 11.1. The van der Waals surface area contributed by atoms with Crippen molar-refractivity contribution in [3.05, 3.63) is 15.8 Å². The Hall–Kier alpha value is -1.27. The maximum absolute atomic E-state index is 11.5. The van der Waals surface area contributed by atoms with Gasteiger partial charge in [0.2, 0.25) is 0 Å². The summed E-state index contributed by atoms with van der Waals surface area (Å²) in [6.45, 7) is 2.18. The summed E-state index contributed by atoms with van der Waals surface area (Å²) in [6.07, 6.45) is 0. The molecule has 1 rings (SSSR count). The van der Waals surface area contributed by atoms with Gasteiger partial charge >= 0.3 is 12.0 Å². The highest BCUT2D eigenvalue weighted by Crippen LogP contribution is 2.27. The van der Waals surface area contributed by atoms with Gasteiger partial charge in [0.25, 0.3) is 0 Å². The number of thiophene rings is 1. The summed E-state index contributed by atoms with van der Waals surface area (Å²) in [6, 6.07) is -0.391. The molecule has 0 aliphatic carbocycles. The van der Waals surface area contributed by atoms with Crippen LogP contribution in [0.1, 0.15) is 15.2 Å². The predicted molar refractivity (Wildman–Crippen MR) is 68.1 cm³/mol. The first kappa shape index (κ1) is 13.8. The maximum atomic E-state index is 11.5. The van der Waals surface area contributed by atoms with Gasteiger partial charge in [-0.15, -0.1) is 22.9 Å². The van der Waals surface area contributed by atoms with E-state index in [1.54, 1.807) is 5.38 Å². The van der Waals surface area contributed by atoms with Gasteiger partial charge in [0.05, 0.1) is 18.4 Å². The zero-order chi connectivity index (χ0) is 12.8. The Bertz CT molecular complexity index is 420. The second-order valence-corrected chi connectivity index (χ2v) is 4.60. The first-order valence-electron chi connectivity index (χ1n) is 4.87. The van der Waals surface area contributed by atoms with Gasteiger partial charge in [-0.05, 0) is 6.92 Å². The number of amides is 2. The van der Waals surface area contributed by atoms with E-state index in [2.05, 4.69) is 15.4 Å². The number of urea groups is 1. The Morgan fingerprint density at radius 3 is 2.82 bits per heavy atom. The largest absolute Gasteiger partial charge is 0.465 e. The van der Waals surface area contributed by atoms with Gasteiger partial charge in [0, 0.05) is 22.7 Å². The molecule has 0 bridgehead atoms. The van der Waals surface area contributed by atoms with Crippen molar-refractivity contribution in [1.82, 2.24) is 5.32 Å². The lowest BCUT2D eigenvalue weighted by molar-refractivity contribution is 0.0602. The van der Waals surface area contributed by atoms with E-state index in [0.29, 0.717) is 23.7 Å². The van der Waals surface area contributed by atoms with Gasteiger partial charge in [0.15, 0.2) is 0 Å². The summed E-state index contributed by atoms with van der Waals surface area (Å²) < 4.78 is 4.63. The lowest BCUT2D eigenvalue weighted by Gasteiger charge is -2.07. The van der Waals surface area contributed by atoms with Gasteiger partial charge in [-0.1, -0.05) is 0 Å². The molecule has 2 N–H and O–H groups in total. The topological polar surface area (TPSA) is 67.4 Å². The average molecular weight is 277 g/mol. The summed E-state index contributed by atoms with van der Waals surface area (Å²) >= 11 is 6.82. The molecule has 1 aromatic heterocycles. The van der Waals surface area contributed by atoms with Crippen LogP contribution in [0, 0.1) is 6.92 Å². The summed E-state index contributed by atoms with van der Waals surface area (Å²) in [4.78, 5) is 23.7. The molecule has 0 saturated carbocycles. The van der Waals surface area contributed by atoms with Gasteiger partial charge in [-0.25, -0.2) is 9.59 Å². The number of hydrogen-bond donors (Lipinski definition) is 2. The van der Waals surface area contributed by atoms with Crippen molar-refractivity contribution in [2.45, 2.75) is 6.92 Å². The molecule has 0 fully saturated rings. The van der Waals surface area contributed by atoms with E-state index in [1.807, 2.05) is 6.92 Å².